The zero-order chi connectivity index (χ0) is 9.26. The van der Waals surface area contributed by atoms with Gasteiger partial charge in [-0.15, -0.1) is 0 Å². The zero-order valence-electron chi connectivity index (χ0n) is 7.93. The van der Waals surface area contributed by atoms with Crippen molar-refractivity contribution in [3.63, 3.8) is 0 Å². The number of carbonyl (C=O) groups excluding carboxylic acids is 1. The van der Waals surface area contributed by atoms with Gasteiger partial charge < -0.3 is 4.74 Å². The largest absolute Gasteiger partial charge is 0.501 e. The molecule has 2 heteroatoms. The lowest BCUT2D eigenvalue weighted by atomic mass is 9.84. The fourth-order valence-corrected chi connectivity index (χ4v) is 2.07. The Labute approximate surface area is 78.3 Å². The van der Waals surface area contributed by atoms with Crippen molar-refractivity contribution in [3.05, 3.63) is 23.0 Å². The van der Waals surface area contributed by atoms with Gasteiger partial charge in [0, 0.05) is 12.8 Å². The van der Waals surface area contributed by atoms with Crippen LogP contribution in [0.3, 0.4) is 0 Å². The Bertz CT molecular complexity index is 297. The van der Waals surface area contributed by atoms with Crippen molar-refractivity contribution in [2.24, 2.45) is 0 Å². The number of methoxy groups -OCH3 is 1. The van der Waals surface area contributed by atoms with Gasteiger partial charge in [0.05, 0.1) is 12.9 Å². The van der Waals surface area contributed by atoms with Crippen LogP contribution in [0.1, 0.15) is 32.1 Å². The molecule has 0 heterocycles. The highest BCUT2D eigenvalue weighted by Gasteiger charge is 2.23. The van der Waals surface area contributed by atoms with E-state index in [0.717, 1.165) is 43.4 Å². The van der Waals surface area contributed by atoms with E-state index in [4.69, 9.17) is 4.74 Å². The molecule has 0 N–H and O–H groups in total. The minimum absolute atomic E-state index is 0.354. The summed E-state index contributed by atoms with van der Waals surface area (Å²) in [6.45, 7) is 0. The van der Waals surface area contributed by atoms with Crippen molar-refractivity contribution in [2.45, 2.75) is 32.1 Å². The standard InChI is InChI=1S/C11H14O2/c1-13-9-5-6-10-8(7-9)3-2-4-11(10)12/h5H,2-4,6-7H2,1H3. The van der Waals surface area contributed by atoms with Gasteiger partial charge in [0.25, 0.3) is 0 Å². The fourth-order valence-electron chi connectivity index (χ4n) is 2.07. The van der Waals surface area contributed by atoms with Crippen LogP contribution in [0.25, 0.3) is 0 Å². The Kier molecular flexibility index (Phi) is 2.21. The van der Waals surface area contributed by atoms with E-state index in [-0.39, 0.29) is 0 Å². The summed E-state index contributed by atoms with van der Waals surface area (Å²) in [5.41, 5.74) is 2.38. The molecule has 0 unspecified atom stereocenters. The lowest BCUT2D eigenvalue weighted by molar-refractivity contribution is -0.116. The summed E-state index contributed by atoms with van der Waals surface area (Å²) in [6.07, 6.45) is 6.53. The third-order valence-electron chi connectivity index (χ3n) is 2.83. The van der Waals surface area contributed by atoms with Gasteiger partial charge in [-0.05, 0) is 30.9 Å². The maximum atomic E-state index is 11.5. The molecule has 0 atom stereocenters. The molecule has 0 radical (unpaired) electrons. The lowest BCUT2D eigenvalue weighted by Crippen LogP contribution is -2.14. The number of carbonyl (C=O) groups is 1. The second-order valence-corrected chi connectivity index (χ2v) is 3.61. The highest BCUT2D eigenvalue weighted by atomic mass is 16.5. The zero-order valence-corrected chi connectivity index (χ0v) is 7.93. The molecule has 2 rings (SSSR count). The van der Waals surface area contributed by atoms with E-state index in [1.807, 2.05) is 6.08 Å². The Hall–Kier alpha value is -1.05. The third-order valence-corrected chi connectivity index (χ3v) is 2.83. The van der Waals surface area contributed by atoms with Crippen LogP contribution in [-0.2, 0) is 9.53 Å². The normalized spacial score (nSPS) is 22.5. The van der Waals surface area contributed by atoms with E-state index in [1.54, 1.807) is 7.11 Å². The highest BCUT2D eigenvalue weighted by molar-refractivity contribution is 5.97. The SMILES string of the molecule is COC1=CCC2=C(CCCC2=O)C1. The smallest absolute Gasteiger partial charge is 0.159 e. The first-order chi connectivity index (χ1) is 6.31. The first-order valence-corrected chi connectivity index (χ1v) is 4.78. The molecule has 0 fully saturated rings. The second-order valence-electron chi connectivity index (χ2n) is 3.61. The van der Waals surface area contributed by atoms with Crippen molar-refractivity contribution in [1.29, 1.82) is 0 Å². The number of hydrogen-bond acceptors (Lipinski definition) is 2. The number of hydrogen-bond donors (Lipinski definition) is 0. The molecule has 2 aliphatic carbocycles. The number of ketones is 1. The number of ether oxygens (including phenoxy) is 1. The average Bonchev–Trinajstić information content (AvgIpc) is 2.18. The lowest BCUT2D eigenvalue weighted by Gasteiger charge is -2.23. The van der Waals surface area contributed by atoms with Crippen LogP contribution in [0.5, 0.6) is 0 Å². The van der Waals surface area contributed by atoms with Crippen LogP contribution in [-0.4, -0.2) is 12.9 Å². The van der Waals surface area contributed by atoms with Crippen LogP contribution in [0.2, 0.25) is 0 Å². The summed E-state index contributed by atoms with van der Waals surface area (Å²) in [7, 11) is 1.70. The molecule has 2 nitrogen and oxygen atoms in total. The van der Waals surface area contributed by atoms with Gasteiger partial charge in [-0.3, -0.25) is 4.79 Å². The minimum Gasteiger partial charge on any atom is -0.501 e. The van der Waals surface area contributed by atoms with Crippen LogP contribution >= 0.6 is 0 Å². The summed E-state index contributed by atoms with van der Waals surface area (Å²) >= 11 is 0. The minimum atomic E-state index is 0.354. The molecule has 70 valence electrons. The van der Waals surface area contributed by atoms with Crippen molar-refractivity contribution in [2.75, 3.05) is 7.11 Å². The van der Waals surface area contributed by atoms with Gasteiger partial charge in [0.1, 0.15) is 0 Å². The average molecular weight is 178 g/mol. The van der Waals surface area contributed by atoms with E-state index in [2.05, 4.69) is 0 Å². The molecule has 2 aliphatic rings. The number of Topliss-reactive ketones (excluding diaryl/α,β-unsaturated/α-hetero) is 1. The molecular weight excluding hydrogens is 164 g/mol. The van der Waals surface area contributed by atoms with Gasteiger partial charge in [0.2, 0.25) is 0 Å². The van der Waals surface area contributed by atoms with Crippen molar-refractivity contribution < 1.29 is 9.53 Å². The van der Waals surface area contributed by atoms with Crippen LogP contribution in [0, 0.1) is 0 Å². The molecular formula is C11H14O2. The van der Waals surface area contributed by atoms with E-state index >= 15 is 0 Å². The van der Waals surface area contributed by atoms with E-state index in [9.17, 15) is 4.79 Å². The van der Waals surface area contributed by atoms with E-state index < -0.39 is 0 Å². The molecule has 0 bridgehead atoms. The topological polar surface area (TPSA) is 26.3 Å². The second kappa shape index (κ2) is 3.36. The Morgan fingerprint density at radius 3 is 3.00 bits per heavy atom. The predicted octanol–water partition coefficient (Wildman–Crippen LogP) is 2.36. The summed E-state index contributed by atoms with van der Waals surface area (Å²) in [5, 5.41) is 0. The first-order valence-electron chi connectivity index (χ1n) is 4.78. The van der Waals surface area contributed by atoms with Crippen LogP contribution in [0.15, 0.2) is 23.0 Å². The molecule has 0 amide bonds. The molecule has 0 aliphatic heterocycles. The van der Waals surface area contributed by atoms with Gasteiger partial charge >= 0.3 is 0 Å². The summed E-state index contributed by atoms with van der Waals surface area (Å²) in [5.74, 6) is 1.38. The predicted molar refractivity (Wildman–Crippen MR) is 50.2 cm³/mol. The molecule has 0 saturated carbocycles. The van der Waals surface area contributed by atoms with Gasteiger partial charge in [-0.25, -0.2) is 0 Å². The van der Waals surface area contributed by atoms with E-state index in [1.165, 1.54) is 5.57 Å². The number of rotatable bonds is 1. The van der Waals surface area contributed by atoms with Gasteiger partial charge in [-0.1, -0.05) is 5.57 Å². The summed E-state index contributed by atoms with van der Waals surface area (Å²) in [6, 6.07) is 0. The maximum Gasteiger partial charge on any atom is 0.159 e. The molecule has 0 spiro atoms. The van der Waals surface area contributed by atoms with Gasteiger partial charge in [0.15, 0.2) is 5.78 Å². The van der Waals surface area contributed by atoms with Crippen molar-refractivity contribution >= 4 is 5.78 Å². The molecule has 0 saturated heterocycles. The third kappa shape index (κ3) is 1.53. The van der Waals surface area contributed by atoms with Crippen LogP contribution in [0.4, 0.5) is 0 Å². The summed E-state index contributed by atoms with van der Waals surface area (Å²) < 4.78 is 5.19. The quantitative estimate of drug-likeness (QED) is 0.616. The molecule has 0 aromatic carbocycles. The first kappa shape index (κ1) is 8.54. The monoisotopic (exact) mass is 178 g/mol. The Morgan fingerprint density at radius 2 is 2.23 bits per heavy atom. The molecule has 0 aromatic heterocycles. The van der Waals surface area contributed by atoms with E-state index in [0.29, 0.717) is 5.78 Å². The Balaban J connectivity index is 2.20. The van der Waals surface area contributed by atoms with Gasteiger partial charge in [-0.2, -0.15) is 0 Å². The summed E-state index contributed by atoms with van der Waals surface area (Å²) in [4.78, 5) is 11.5. The van der Waals surface area contributed by atoms with Crippen LogP contribution < -0.4 is 0 Å². The molecule has 13 heavy (non-hydrogen) atoms. The highest BCUT2D eigenvalue weighted by Crippen LogP contribution is 2.33. The number of allylic oxidation sites excluding steroid dienone is 3. The van der Waals surface area contributed by atoms with Crippen molar-refractivity contribution in [1.82, 2.24) is 0 Å². The van der Waals surface area contributed by atoms with Crippen molar-refractivity contribution in [3.8, 4) is 0 Å². The molecule has 0 aromatic rings. The Morgan fingerprint density at radius 1 is 1.38 bits per heavy atom. The fraction of sp³-hybridized carbons (Fsp3) is 0.545. The maximum absolute atomic E-state index is 11.5.